The van der Waals surface area contributed by atoms with E-state index >= 15 is 0 Å². The van der Waals surface area contributed by atoms with Crippen LogP contribution in [-0.4, -0.2) is 11.8 Å². The summed E-state index contributed by atoms with van der Waals surface area (Å²) in [6.45, 7) is 0. The Hall–Kier alpha value is -1.90. The number of nitrogens with zero attached hydrogens (tertiary/aromatic N) is 1. The number of carbonyl (C=O) groups is 2. The zero-order valence-electron chi connectivity index (χ0n) is 6.81. The van der Waals surface area contributed by atoms with Crippen molar-refractivity contribution in [3.05, 3.63) is 42.5 Å². The number of para-hydroxylation sites is 1. The molecule has 0 unspecified atom stereocenters. The first kappa shape index (κ1) is 10.2. The minimum Gasteiger partial charge on any atom is -0.269 e. The smallest absolute Gasteiger partial charge is 0.258 e. The third-order valence-electron chi connectivity index (χ3n) is 1.82. The summed E-state index contributed by atoms with van der Waals surface area (Å²) < 4.78 is 0. The van der Waals surface area contributed by atoms with Crippen molar-refractivity contribution in [3.8, 4) is 0 Å². The van der Waals surface area contributed by atoms with Crippen molar-refractivity contribution in [2.24, 2.45) is 0 Å². The molecule has 0 bridgehead atoms. The summed E-state index contributed by atoms with van der Waals surface area (Å²) in [7, 11) is 0. The van der Waals surface area contributed by atoms with E-state index in [0.29, 0.717) is 5.69 Å². The number of benzene rings is 1. The van der Waals surface area contributed by atoms with E-state index in [1.165, 1.54) is 12.2 Å². The molecule has 2 amide bonds. The van der Waals surface area contributed by atoms with Crippen molar-refractivity contribution in [1.82, 2.24) is 0 Å². The number of rotatable bonds is 1. The van der Waals surface area contributed by atoms with Gasteiger partial charge in [-0.1, -0.05) is 25.6 Å². The molecule has 1 aromatic carbocycles. The standard InChI is InChI=1S/C10H7NO2.CH4/c12-9-6-7-10(13)11(9)8-4-2-1-3-5-8;/h1-7H;1H4. The number of carbonyl (C=O) groups excluding carboxylic acids is 2. The van der Waals surface area contributed by atoms with E-state index in [1.807, 2.05) is 6.07 Å². The molecule has 0 aliphatic carbocycles. The average molecular weight is 189 g/mol. The zero-order valence-corrected chi connectivity index (χ0v) is 6.81. The highest BCUT2D eigenvalue weighted by Crippen LogP contribution is 2.17. The van der Waals surface area contributed by atoms with Gasteiger partial charge in [-0.05, 0) is 12.1 Å². The molecule has 0 N–H and O–H groups in total. The van der Waals surface area contributed by atoms with Gasteiger partial charge in [-0.25, -0.2) is 4.90 Å². The highest BCUT2D eigenvalue weighted by atomic mass is 16.2. The van der Waals surface area contributed by atoms with E-state index < -0.39 is 0 Å². The molecule has 3 nitrogen and oxygen atoms in total. The fraction of sp³-hybridized carbons (Fsp3) is 0.0909. The second-order valence-corrected chi connectivity index (χ2v) is 2.68. The number of amides is 2. The summed E-state index contributed by atoms with van der Waals surface area (Å²) in [5.74, 6) is -0.563. The van der Waals surface area contributed by atoms with Gasteiger partial charge in [-0.15, -0.1) is 0 Å². The van der Waals surface area contributed by atoms with Crippen LogP contribution in [0.15, 0.2) is 42.5 Å². The van der Waals surface area contributed by atoms with Crippen LogP contribution >= 0.6 is 0 Å². The van der Waals surface area contributed by atoms with Crippen molar-refractivity contribution >= 4 is 17.5 Å². The second-order valence-electron chi connectivity index (χ2n) is 2.68. The summed E-state index contributed by atoms with van der Waals surface area (Å²) in [5, 5.41) is 0. The number of imide groups is 1. The van der Waals surface area contributed by atoms with Gasteiger partial charge in [0.05, 0.1) is 5.69 Å². The van der Waals surface area contributed by atoms with E-state index in [9.17, 15) is 9.59 Å². The van der Waals surface area contributed by atoms with Gasteiger partial charge in [0.25, 0.3) is 11.8 Å². The van der Waals surface area contributed by atoms with Crippen LogP contribution in [0, 0.1) is 0 Å². The third-order valence-corrected chi connectivity index (χ3v) is 1.82. The summed E-state index contributed by atoms with van der Waals surface area (Å²) in [6.07, 6.45) is 2.55. The first-order valence-corrected chi connectivity index (χ1v) is 3.90. The molecule has 1 heterocycles. The average Bonchev–Trinajstić information content (AvgIpc) is 2.48. The highest BCUT2D eigenvalue weighted by molar-refractivity contribution is 6.28. The first-order valence-electron chi connectivity index (χ1n) is 3.90. The Morgan fingerprint density at radius 2 is 1.36 bits per heavy atom. The van der Waals surface area contributed by atoms with Crippen molar-refractivity contribution in [2.45, 2.75) is 7.43 Å². The molecule has 0 spiro atoms. The Morgan fingerprint density at radius 1 is 0.857 bits per heavy atom. The van der Waals surface area contributed by atoms with E-state index in [4.69, 9.17) is 0 Å². The number of hydrogen-bond donors (Lipinski definition) is 0. The monoisotopic (exact) mass is 189 g/mol. The molecule has 1 aliphatic heterocycles. The lowest BCUT2D eigenvalue weighted by Crippen LogP contribution is -2.29. The summed E-state index contributed by atoms with van der Waals surface area (Å²) in [4.78, 5) is 23.5. The van der Waals surface area contributed by atoms with Gasteiger partial charge in [0, 0.05) is 12.2 Å². The number of hydrogen-bond acceptors (Lipinski definition) is 2. The quantitative estimate of drug-likeness (QED) is 0.631. The maximum atomic E-state index is 11.2. The van der Waals surface area contributed by atoms with Crippen LogP contribution < -0.4 is 4.90 Å². The van der Waals surface area contributed by atoms with Crippen LogP contribution in [0.2, 0.25) is 0 Å². The Bertz CT molecular complexity index is 364. The van der Waals surface area contributed by atoms with E-state index in [0.717, 1.165) is 4.90 Å². The predicted molar refractivity (Wildman–Crippen MR) is 54.8 cm³/mol. The molecule has 0 atom stereocenters. The fourth-order valence-electron chi connectivity index (χ4n) is 1.23. The van der Waals surface area contributed by atoms with Gasteiger partial charge < -0.3 is 0 Å². The molecule has 1 aromatic rings. The maximum absolute atomic E-state index is 11.2. The van der Waals surface area contributed by atoms with E-state index in [-0.39, 0.29) is 19.2 Å². The Kier molecular flexibility index (Phi) is 2.82. The SMILES string of the molecule is C.O=C1C=CC(=O)N1c1ccccc1. The van der Waals surface area contributed by atoms with Crippen LogP contribution in [0.4, 0.5) is 5.69 Å². The van der Waals surface area contributed by atoms with Gasteiger partial charge >= 0.3 is 0 Å². The predicted octanol–water partition coefficient (Wildman–Crippen LogP) is 1.75. The molecule has 0 saturated heterocycles. The summed E-state index contributed by atoms with van der Waals surface area (Å²) in [5.41, 5.74) is 0.613. The molecule has 1 aliphatic rings. The molecular formula is C11H11NO2. The van der Waals surface area contributed by atoms with Gasteiger partial charge in [0.15, 0.2) is 0 Å². The zero-order chi connectivity index (χ0) is 9.26. The molecule has 0 saturated carbocycles. The maximum Gasteiger partial charge on any atom is 0.258 e. The van der Waals surface area contributed by atoms with Crippen molar-refractivity contribution in [1.29, 1.82) is 0 Å². The summed E-state index contributed by atoms with van der Waals surface area (Å²) in [6, 6.07) is 8.86. The third kappa shape index (κ3) is 1.57. The van der Waals surface area contributed by atoms with Gasteiger partial charge in [0.2, 0.25) is 0 Å². The molecule has 2 rings (SSSR count). The minimum absolute atomic E-state index is 0. The lowest BCUT2D eigenvalue weighted by Gasteiger charge is -2.12. The van der Waals surface area contributed by atoms with Gasteiger partial charge in [0.1, 0.15) is 0 Å². The largest absolute Gasteiger partial charge is 0.269 e. The lowest BCUT2D eigenvalue weighted by molar-refractivity contribution is -0.119. The molecule has 72 valence electrons. The topological polar surface area (TPSA) is 37.4 Å². The second kappa shape index (κ2) is 3.87. The minimum atomic E-state index is -0.281. The van der Waals surface area contributed by atoms with Crippen molar-refractivity contribution in [3.63, 3.8) is 0 Å². The molecule has 3 heteroatoms. The van der Waals surface area contributed by atoms with Crippen LogP contribution in [-0.2, 0) is 9.59 Å². The molecule has 0 fully saturated rings. The lowest BCUT2D eigenvalue weighted by atomic mass is 10.3. The molecule has 0 radical (unpaired) electrons. The fourth-order valence-corrected chi connectivity index (χ4v) is 1.23. The highest BCUT2D eigenvalue weighted by Gasteiger charge is 2.24. The van der Waals surface area contributed by atoms with Crippen molar-refractivity contribution in [2.75, 3.05) is 4.90 Å². The first-order chi connectivity index (χ1) is 6.29. The molecule has 14 heavy (non-hydrogen) atoms. The Balaban J connectivity index is 0.000000980. The summed E-state index contributed by atoms with van der Waals surface area (Å²) >= 11 is 0. The Labute approximate surface area is 82.6 Å². The van der Waals surface area contributed by atoms with E-state index in [2.05, 4.69) is 0 Å². The normalized spacial score (nSPS) is 14.4. The van der Waals surface area contributed by atoms with Gasteiger partial charge in [-0.2, -0.15) is 0 Å². The van der Waals surface area contributed by atoms with Crippen LogP contribution in [0.3, 0.4) is 0 Å². The Morgan fingerprint density at radius 3 is 1.86 bits per heavy atom. The number of anilines is 1. The molecule has 0 aromatic heterocycles. The van der Waals surface area contributed by atoms with Crippen LogP contribution in [0.1, 0.15) is 7.43 Å². The van der Waals surface area contributed by atoms with Crippen molar-refractivity contribution < 1.29 is 9.59 Å². The van der Waals surface area contributed by atoms with Gasteiger partial charge in [-0.3, -0.25) is 9.59 Å². The molecular weight excluding hydrogens is 178 g/mol. The van der Waals surface area contributed by atoms with Crippen LogP contribution in [0.25, 0.3) is 0 Å². The van der Waals surface area contributed by atoms with E-state index in [1.54, 1.807) is 24.3 Å². The van der Waals surface area contributed by atoms with Crippen LogP contribution in [0.5, 0.6) is 0 Å².